The van der Waals surface area contributed by atoms with Gasteiger partial charge >= 0.3 is 0 Å². The van der Waals surface area contributed by atoms with Crippen molar-refractivity contribution in [3.63, 3.8) is 0 Å². The molecule has 21 heavy (non-hydrogen) atoms. The molecule has 1 unspecified atom stereocenters. The fourth-order valence-corrected chi connectivity index (χ4v) is 3.93. The zero-order valence-electron chi connectivity index (χ0n) is 13.9. The fraction of sp³-hybridized carbons (Fsp3) is 0.667. The first-order valence-electron chi connectivity index (χ1n) is 8.27. The molecule has 0 saturated heterocycles. The van der Waals surface area contributed by atoms with E-state index in [-0.39, 0.29) is 5.54 Å². The van der Waals surface area contributed by atoms with Gasteiger partial charge in [-0.2, -0.15) is 0 Å². The van der Waals surface area contributed by atoms with E-state index in [1.54, 1.807) is 0 Å². The summed E-state index contributed by atoms with van der Waals surface area (Å²) in [6.45, 7) is 2.15. The summed E-state index contributed by atoms with van der Waals surface area (Å²) in [6, 6.07) is 9.10. The molecule has 3 heteroatoms. The van der Waals surface area contributed by atoms with Crippen LogP contribution in [0.3, 0.4) is 0 Å². The Balaban J connectivity index is 2.23. The Morgan fingerprint density at radius 1 is 1.19 bits per heavy atom. The SMILES string of the molecule is Cc1cccc(CC(NN)C2(N(C)C)CCCCCC2)c1. The van der Waals surface area contributed by atoms with Gasteiger partial charge < -0.3 is 4.90 Å². The summed E-state index contributed by atoms with van der Waals surface area (Å²) in [5.41, 5.74) is 6.02. The molecular weight excluding hydrogens is 258 g/mol. The quantitative estimate of drug-likeness (QED) is 0.497. The van der Waals surface area contributed by atoms with Crippen LogP contribution < -0.4 is 11.3 Å². The first-order chi connectivity index (χ1) is 10.1. The fourth-order valence-electron chi connectivity index (χ4n) is 3.93. The minimum Gasteiger partial charge on any atom is -0.302 e. The molecule has 0 bridgehead atoms. The average Bonchev–Trinajstić information content (AvgIpc) is 2.71. The lowest BCUT2D eigenvalue weighted by atomic mass is 9.79. The molecule has 0 aromatic heterocycles. The highest BCUT2D eigenvalue weighted by Gasteiger charge is 2.40. The summed E-state index contributed by atoms with van der Waals surface area (Å²) >= 11 is 0. The standard InChI is InChI=1S/C18H31N3/c1-15-9-8-10-16(13-15)14-17(20-19)18(21(2)3)11-6-4-5-7-12-18/h8-10,13,17,20H,4-7,11-12,14,19H2,1-3H3. The number of nitrogens with one attached hydrogen (secondary N) is 1. The van der Waals surface area contributed by atoms with E-state index >= 15 is 0 Å². The Hall–Kier alpha value is -0.900. The Labute approximate surface area is 129 Å². The second-order valence-corrected chi connectivity index (χ2v) is 6.82. The third kappa shape index (κ3) is 3.85. The highest BCUT2D eigenvalue weighted by Crippen LogP contribution is 2.35. The normalized spacial score (nSPS) is 20.2. The third-order valence-electron chi connectivity index (χ3n) is 5.23. The molecule has 1 aliphatic carbocycles. The molecule has 1 aliphatic rings. The van der Waals surface area contributed by atoms with Gasteiger partial charge in [-0.3, -0.25) is 11.3 Å². The third-order valence-corrected chi connectivity index (χ3v) is 5.23. The van der Waals surface area contributed by atoms with Gasteiger partial charge in [-0.15, -0.1) is 0 Å². The van der Waals surface area contributed by atoms with Crippen LogP contribution in [0, 0.1) is 6.92 Å². The molecule has 3 nitrogen and oxygen atoms in total. The summed E-state index contributed by atoms with van der Waals surface area (Å²) in [5, 5.41) is 0. The molecule has 1 saturated carbocycles. The number of benzene rings is 1. The van der Waals surface area contributed by atoms with Gasteiger partial charge in [0.25, 0.3) is 0 Å². The second-order valence-electron chi connectivity index (χ2n) is 6.82. The number of nitrogens with two attached hydrogens (primary N) is 1. The van der Waals surface area contributed by atoms with Gasteiger partial charge in [0, 0.05) is 11.6 Å². The molecule has 3 N–H and O–H groups in total. The van der Waals surface area contributed by atoms with Gasteiger partial charge in [-0.25, -0.2) is 0 Å². The Bertz CT molecular complexity index is 434. The van der Waals surface area contributed by atoms with Crippen LogP contribution in [0.25, 0.3) is 0 Å². The number of nitrogens with zero attached hydrogens (tertiary/aromatic N) is 1. The molecule has 0 aliphatic heterocycles. The van der Waals surface area contributed by atoms with Gasteiger partial charge in [0.2, 0.25) is 0 Å². The van der Waals surface area contributed by atoms with E-state index in [9.17, 15) is 0 Å². The molecule has 0 heterocycles. The predicted molar refractivity (Wildman–Crippen MR) is 90.1 cm³/mol. The van der Waals surface area contributed by atoms with Crippen LogP contribution in [0.2, 0.25) is 0 Å². The van der Waals surface area contributed by atoms with Crippen molar-refractivity contribution in [2.24, 2.45) is 5.84 Å². The predicted octanol–water partition coefficient (Wildman–Crippen LogP) is 3.02. The number of hydrogen-bond acceptors (Lipinski definition) is 3. The monoisotopic (exact) mass is 289 g/mol. The summed E-state index contributed by atoms with van der Waals surface area (Å²) < 4.78 is 0. The zero-order valence-corrected chi connectivity index (χ0v) is 13.9. The van der Waals surface area contributed by atoms with Crippen molar-refractivity contribution in [3.8, 4) is 0 Å². The van der Waals surface area contributed by atoms with Crippen molar-refractivity contribution < 1.29 is 0 Å². The van der Waals surface area contributed by atoms with Crippen molar-refractivity contribution in [1.29, 1.82) is 0 Å². The van der Waals surface area contributed by atoms with Crippen LogP contribution in [-0.4, -0.2) is 30.6 Å². The van der Waals surface area contributed by atoms with E-state index in [2.05, 4.69) is 55.6 Å². The zero-order chi connectivity index (χ0) is 15.3. The van der Waals surface area contributed by atoms with Crippen molar-refractivity contribution in [3.05, 3.63) is 35.4 Å². The number of likely N-dealkylation sites (N-methyl/N-ethyl adjacent to an activating group) is 1. The lowest BCUT2D eigenvalue weighted by Gasteiger charge is -2.45. The minimum atomic E-state index is 0.176. The van der Waals surface area contributed by atoms with Crippen LogP contribution in [-0.2, 0) is 6.42 Å². The minimum absolute atomic E-state index is 0.176. The maximum absolute atomic E-state index is 5.99. The highest BCUT2D eigenvalue weighted by molar-refractivity contribution is 5.24. The maximum atomic E-state index is 5.99. The summed E-state index contributed by atoms with van der Waals surface area (Å²) in [7, 11) is 4.43. The van der Waals surface area contributed by atoms with Crippen molar-refractivity contribution in [1.82, 2.24) is 10.3 Å². The van der Waals surface area contributed by atoms with Crippen LogP contribution in [0.1, 0.15) is 49.7 Å². The second kappa shape index (κ2) is 7.39. The Kier molecular flexibility index (Phi) is 5.80. The number of aryl methyl sites for hydroxylation is 1. The van der Waals surface area contributed by atoms with Gasteiger partial charge in [-0.05, 0) is 45.8 Å². The molecule has 1 aromatic rings. The first kappa shape index (κ1) is 16.5. The molecule has 118 valence electrons. The van der Waals surface area contributed by atoms with Gasteiger partial charge in [-0.1, -0.05) is 55.5 Å². The Morgan fingerprint density at radius 3 is 2.38 bits per heavy atom. The number of hydrazine groups is 1. The first-order valence-corrected chi connectivity index (χ1v) is 8.27. The maximum Gasteiger partial charge on any atom is 0.0434 e. The van der Waals surface area contributed by atoms with Crippen LogP contribution in [0.15, 0.2) is 24.3 Å². The van der Waals surface area contributed by atoms with E-state index in [0.29, 0.717) is 6.04 Å². The average molecular weight is 289 g/mol. The molecular formula is C18H31N3. The molecule has 1 atom stereocenters. The van der Waals surface area contributed by atoms with Crippen LogP contribution >= 0.6 is 0 Å². The van der Waals surface area contributed by atoms with Crippen LogP contribution in [0.5, 0.6) is 0 Å². The van der Waals surface area contributed by atoms with E-state index in [1.165, 1.54) is 49.7 Å². The summed E-state index contributed by atoms with van der Waals surface area (Å²) in [6.07, 6.45) is 8.81. The molecule has 0 radical (unpaired) electrons. The van der Waals surface area contributed by atoms with E-state index < -0.39 is 0 Å². The van der Waals surface area contributed by atoms with Crippen molar-refractivity contribution in [2.75, 3.05) is 14.1 Å². The van der Waals surface area contributed by atoms with Crippen molar-refractivity contribution >= 4 is 0 Å². The highest BCUT2D eigenvalue weighted by atomic mass is 15.3. The lowest BCUT2D eigenvalue weighted by molar-refractivity contribution is 0.0801. The number of hydrogen-bond donors (Lipinski definition) is 2. The van der Waals surface area contributed by atoms with E-state index in [0.717, 1.165) is 6.42 Å². The van der Waals surface area contributed by atoms with Gasteiger partial charge in [0.05, 0.1) is 0 Å². The summed E-state index contributed by atoms with van der Waals surface area (Å²) in [5.74, 6) is 5.99. The smallest absolute Gasteiger partial charge is 0.0434 e. The van der Waals surface area contributed by atoms with Gasteiger partial charge in [0.15, 0.2) is 0 Å². The van der Waals surface area contributed by atoms with Crippen molar-refractivity contribution in [2.45, 2.75) is 63.5 Å². The Morgan fingerprint density at radius 2 is 1.86 bits per heavy atom. The lowest BCUT2D eigenvalue weighted by Crippen LogP contribution is -2.61. The topological polar surface area (TPSA) is 41.3 Å². The molecule has 2 rings (SSSR count). The number of rotatable bonds is 5. The largest absolute Gasteiger partial charge is 0.302 e. The molecule has 1 fully saturated rings. The van der Waals surface area contributed by atoms with Crippen LogP contribution in [0.4, 0.5) is 0 Å². The van der Waals surface area contributed by atoms with Gasteiger partial charge in [0.1, 0.15) is 0 Å². The van der Waals surface area contributed by atoms with E-state index in [4.69, 9.17) is 5.84 Å². The van der Waals surface area contributed by atoms with E-state index in [1.807, 2.05) is 0 Å². The molecule has 1 aromatic carbocycles. The molecule has 0 amide bonds. The molecule has 0 spiro atoms. The summed E-state index contributed by atoms with van der Waals surface area (Å²) in [4.78, 5) is 2.42.